The van der Waals surface area contributed by atoms with E-state index in [9.17, 15) is 14.3 Å². The summed E-state index contributed by atoms with van der Waals surface area (Å²) >= 11 is 0. The summed E-state index contributed by atoms with van der Waals surface area (Å²) in [7, 11) is -4.26. The van der Waals surface area contributed by atoms with E-state index < -0.39 is 13.9 Å². The molecule has 9 heteroatoms. The van der Waals surface area contributed by atoms with Gasteiger partial charge in [0, 0.05) is 19.6 Å². The maximum absolute atomic E-state index is 12.4. The molecule has 0 aromatic heterocycles. The highest BCUT2D eigenvalue weighted by molar-refractivity contribution is 7.47. The number of phosphoric ester groups is 1. The molecule has 0 heterocycles. The zero-order chi connectivity index (χ0) is 33.8. The van der Waals surface area contributed by atoms with E-state index in [1.807, 2.05) is 0 Å². The first-order chi connectivity index (χ1) is 22.4. The molecule has 0 spiro atoms. The van der Waals surface area contributed by atoms with Crippen LogP contribution in [-0.4, -0.2) is 49.9 Å². The van der Waals surface area contributed by atoms with Crippen molar-refractivity contribution in [3.63, 3.8) is 0 Å². The molecule has 0 aromatic rings. The Kier molecular flexibility index (Phi) is 34.5. The molecule has 0 aliphatic heterocycles. The summed E-state index contributed by atoms with van der Waals surface area (Å²) in [5.74, 6) is -0.338. The van der Waals surface area contributed by atoms with Crippen LogP contribution < -0.4 is 5.73 Å². The van der Waals surface area contributed by atoms with Crippen molar-refractivity contribution >= 4 is 13.8 Å². The average molecular weight is 674 g/mol. The van der Waals surface area contributed by atoms with Crippen molar-refractivity contribution in [2.45, 2.75) is 174 Å². The van der Waals surface area contributed by atoms with Gasteiger partial charge in [0.2, 0.25) is 0 Å². The lowest BCUT2D eigenvalue weighted by atomic mass is 10.1. The van der Waals surface area contributed by atoms with E-state index in [4.69, 9.17) is 24.3 Å². The Morgan fingerprint density at radius 2 is 1.15 bits per heavy atom. The summed E-state index contributed by atoms with van der Waals surface area (Å²) in [6.45, 7) is 4.85. The van der Waals surface area contributed by atoms with Gasteiger partial charge in [0.15, 0.2) is 0 Å². The standard InChI is InChI=1S/C37H72NO7P/c1-3-5-7-9-11-12-13-14-15-16-17-18-19-20-21-22-23-25-27-29-32-42-34-36(35-44-46(40,41)43-33-31-38)45-37(39)30-28-26-24-10-8-6-4-2/h11-12,14-15,36H,3-10,13,16-35,38H2,1-2H3,(H,40,41)/b12-11-,15-14-. The molecule has 0 saturated carbocycles. The largest absolute Gasteiger partial charge is 0.472 e. The fourth-order valence-electron chi connectivity index (χ4n) is 5.08. The molecule has 2 unspecified atom stereocenters. The summed E-state index contributed by atoms with van der Waals surface area (Å²) in [6.07, 6.45) is 36.4. The minimum atomic E-state index is -4.26. The van der Waals surface area contributed by atoms with E-state index in [0.717, 1.165) is 38.5 Å². The Morgan fingerprint density at radius 1 is 0.652 bits per heavy atom. The zero-order valence-electron chi connectivity index (χ0n) is 29.8. The molecule has 0 aliphatic rings. The van der Waals surface area contributed by atoms with Gasteiger partial charge in [0.1, 0.15) is 6.10 Å². The smallest absolute Gasteiger partial charge is 0.457 e. The molecule has 0 saturated heterocycles. The molecule has 0 rings (SSSR count). The van der Waals surface area contributed by atoms with E-state index in [1.165, 1.54) is 109 Å². The fraction of sp³-hybridized carbons (Fsp3) is 0.865. The molecule has 0 bridgehead atoms. The van der Waals surface area contributed by atoms with Crippen LogP contribution in [-0.2, 0) is 27.9 Å². The summed E-state index contributed by atoms with van der Waals surface area (Å²) in [6, 6.07) is 0. The van der Waals surface area contributed by atoms with Crippen molar-refractivity contribution in [2.24, 2.45) is 5.73 Å². The van der Waals surface area contributed by atoms with Crippen LogP contribution in [0.1, 0.15) is 168 Å². The highest BCUT2D eigenvalue weighted by Gasteiger charge is 2.25. The first-order valence-electron chi connectivity index (χ1n) is 18.8. The van der Waals surface area contributed by atoms with Gasteiger partial charge < -0.3 is 20.1 Å². The first-order valence-corrected chi connectivity index (χ1v) is 20.3. The van der Waals surface area contributed by atoms with E-state index >= 15 is 0 Å². The molecule has 0 amide bonds. The van der Waals surface area contributed by atoms with E-state index in [-0.39, 0.29) is 32.3 Å². The second kappa shape index (κ2) is 35.3. The van der Waals surface area contributed by atoms with Crippen LogP contribution in [0.3, 0.4) is 0 Å². The molecule has 272 valence electrons. The molecule has 46 heavy (non-hydrogen) atoms. The van der Waals surface area contributed by atoms with Crippen LogP contribution in [0.4, 0.5) is 0 Å². The first kappa shape index (κ1) is 45.0. The number of unbranched alkanes of at least 4 members (excludes halogenated alkanes) is 19. The lowest BCUT2D eigenvalue weighted by molar-refractivity contribution is -0.154. The van der Waals surface area contributed by atoms with Gasteiger partial charge in [-0.25, -0.2) is 4.57 Å². The predicted molar refractivity (Wildman–Crippen MR) is 192 cm³/mol. The predicted octanol–water partition coefficient (Wildman–Crippen LogP) is 10.5. The Labute approximate surface area is 283 Å². The van der Waals surface area contributed by atoms with Gasteiger partial charge >= 0.3 is 13.8 Å². The van der Waals surface area contributed by atoms with Gasteiger partial charge in [0.05, 0.1) is 19.8 Å². The van der Waals surface area contributed by atoms with Gasteiger partial charge in [-0.2, -0.15) is 0 Å². The van der Waals surface area contributed by atoms with Crippen LogP contribution in [0.15, 0.2) is 24.3 Å². The molecule has 3 N–H and O–H groups in total. The number of rotatable bonds is 36. The SMILES string of the molecule is CCCCC/C=C\C/C=C\CCCCCCCCCCCCOCC(COP(=O)(O)OCCN)OC(=O)CCCCCCCCC. The van der Waals surface area contributed by atoms with Crippen LogP contribution in [0.5, 0.6) is 0 Å². The Morgan fingerprint density at radius 3 is 1.74 bits per heavy atom. The van der Waals surface area contributed by atoms with Crippen LogP contribution >= 0.6 is 7.82 Å². The van der Waals surface area contributed by atoms with E-state index in [1.54, 1.807) is 0 Å². The summed E-state index contributed by atoms with van der Waals surface area (Å²) in [5.41, 5.74) is 5.34. The van der Waals surface area contributed by atoms with Gasteiger partial charge in [-0.3, -0.25) is 13.8 Å². The van der Waals surface area contributed by atoms with Crippen molar-refractivity contribution in [1.29, 1.82) is 0 Å². The van der Waals surface area contributed by atoms with Gasteiger partial charge in [-0.05, 0) is 44.9 Å². The normalized spacial score (nSPS) is 13.9. The monoisotopic (exact) mass is 674 g/mol. The Hall–Kier alpha value is -1.02. The van der Waals surface area contributed by atoms with Crippen LogP contribution in [0, 0.1) is 0 Å². The van der Waals surface area contributed by atoms with Crippen molar-refractivity contribution in [3.8, 4) is 0 Å². The number of hydrogen-bond donors (Lipinski definition) is 2. The number of carbonyl (C=O) groups is 1. The summed E-state index contributed by atoms with van der Waals surface area (Å²) < 4.78 is 33.2. The molecule has 0 radical (unpaired) electrons. The second-order valence-corrected chi connectivity index (χ2v) is 13.9. The van der Waals surface area contributed by atoms with E-state index in [2.05, 4.69) is 38.2 Å². The van der Waals surface area contributed by atoms with Crippen molar-refractivity contribution in [1.82, 2.24) is 0 Å². The minimum Gasteiger partial charge on any atom is -0.457 e. The molecule has 0 aliphatic carbocycles. The third-order valence-electron chi connectivity index (χ3n) is 7.87. The highest BCUT2D eigenvalue weighted by Crippen LogP contribution is 2.43. The number of allylic oxidation sites excluding steroid dienone is 4. The average Bonchev–Trinajstić information content (AvgIpc) is 3.04. The third kappa shape index (κ3) is 34.3. The maximum atomic E-state index is 12.4. The number of ether oxygens (including phenoxy) is 2. The van der Waals surface area contributed by atoms with Gasteiger partial charge in [0.25, 0.3) is 0 Å². The zero-order valence-corrected chi connectivity index (χ0v) is 30.7. The fourth-order valence-corrected chi connectivity index (χ4v) is 5.85. The highest BCUT2D eigenvalue weighted by atomic mass is 31.2. The molecule has 0 fully saturated rings. The summed E-state index contributed by atoms with van der Waals surface area (Å²) in [5, 5.41) is 0. The topological polar surface area (TPSA) is 117 Å². The Balaban J connectivity index is 3.93. The molecular weight excluding hydrogens is 601 g/mol. The maximum Gasteiger partial charge on any atom is 0.472 e. The van der Waals surface area contributed by atoms with Crippen LogP contribution in [0.2, 0.25) is 0 Å². The number of esters is 1. The van der Waals surface area contributed by atoms with Gasteiger partial charge in [-0.15, -0.1) is 0 Å². The lowest BCUT2D eigenvalue weighted by Gasteiger charge is -2.20. The van der Waals surface area contributed by atoms with Crippen molar-refractivity contribution in [3.05, 3.63) is 24.3 Å². The quantitative estimate of drug-likeness (QED) is 0.0292. The van der Waals surface area contributed by atoms with Crippen molar-refractivity contribution in [2.75, 3.05) is 33.0 Å². The number of phosphoric acid groups is 1. The lowest BCUT2D eigenvalue weighted by Crippen LogP contribution is -2.28. The van der Waals surface area contributed by atoms with Crippen LogP contribution in [0.25, 0.3) is 0 Å². The van der Waals surface area contributed by atoms with E-state index in [0.29, 0.717) is 13.0 Å². The molecule has 2 atom stereocenters. The number of nitrogens with two attached hydrogens (primary N) is 1. The van der Waals surface area contributed by atoms with Gasteiger partial charge in [-0.1, -0.05) is 141 Å². The Bertz CT molecular complexity index is 762. The van der Waals surface area contributed by atoms with Crippen molar-refractivity contribution < 1.29 is 32.8 Å². The molecule has 0 aromatic carbocycles. The second-order valence-electron chi connectivity index (χ2n) is 12.4. The summed E-state index contributed by atoms with van der Waals surface area (Å²) in [4.78, 5) is 22.2. The molecule has 8 nitrogen and oxygen atoms in total. The molecular formula is C37H72NO7P. The minimum absolute atomic E-state index is 0.0947. The number of hydrogen-bond acceptors (Lipinski definition) is 7. The third-order valence-corrected chi connectivity index (χ3v) is 8.86. The number of carbonyl (C=O) groups excluding carboxylic acids is 1.